The van der Waals surface area contributed by atoms with Crippen molar-refractivity contribution >= 4 is 27.5 Å². The zero-order valence-corrected chi connectivity index (χ0v) is 13.4. The van der Waals surface area contributed by atoms with E-state index in [4.69, 9.17) is 11.6 Å². The van der Waals surface area contributed by atoms with Crippen LogP contribution in [0.25, 0.3) is 0 Å². The second-order valence-electron chi connectivity index (χ2n) is 5.42. The minimum absolute atomic E-state index is 0.316. The Morgan fingerprint density at radius 2 is 2.06 bits per heavy atom. The summed E-state index contributed by atoms with van der Waals surface area (Å²) in [5, 5.41) is 4.59. The Bertz CT molecular complexity index is 407. The van der Waals surface area contributed by atoms with Gasteiger partial charge in [0.1, 0.15) is 0 Å². The topological polar surface area (TPSA) is 12.0 Å². The fourth-order valence-corrected chi connectivity index (χ4v) is 3.66. The van der Waals surface area contributed by atoms with Gasteiger partial charge < -0.3 is 5.32 Å². The van der Waals surface area contributed by atoms with Gasteiger partial charge in [0.05, 0.1) is 0 Å². The normalized spacial score (nSPS) is 26.0. The second-order valence-corrected chi connectivity index (χ2v) is 6.75. The van der Waals surface area contributed by atoms with E-state index < -0.39 is 0 Å². The molecule has 1 aliphatic carbocycles. The van der Waals surface area contributed by atoms with Gasteiger partial charge in [0.15, 0.2) is 0 Å². The Hall–Kier alpha value is -0.0500. The molecule has 100 valence electrons. The molecule has 0 bridgehead atoms. The summed E-state index contributed by atoms with van der Waals surface area (Å²) in [5.41, 5.74) is 1.19. The quantitative estimate of drug-likeness (QED) is 0.789. The average Bonchev–Trinajstić information content (AvgIpc) is 2.32. The van der Waals surface area contributed by atoms with Crippen LogP contribution in [0.1, 0.15) is 51.1 Å². The first-order valence-electron chi connectivity index (χ1n) is 6.79. The van der Waals surface area contributed by atoms with Crippen LogP contribution in [0.15, 0.2) is 22.7 Å². The fraction of sp³-hybridized carbons (Fsp3) is 0.600. The van der Waals surface area contributed by atoms with Gasteiger partial charge in [0.25, 0.3) is 0 Å². The molecule has 3 atom stereocenters. The first kappa shape index (κ1) is 14.4. The monoisotopic (exact) mass is 329 g/mol. The highest BCUT2D eigenvalue weighted by Crippen LogP contribution is 2.30. The average molecular weight is 331 g/mol. The lowest BCUT2D eigenvalue weighted by Crippen LogP contribution is -2.38. The molecule has 1 aliphatic rings. The van der Waals surface area contributed by atoms with E-state index in [0.717, 1.165) is 15.4 Å². The number of rotatable bonds is 3. The molecular formula is C15H21BrClN. The van der Waals surface area contributed by atoms with Crippen LogP contribution in [0.2, 0.25) is 5.02 Å². The van der Waals surface area contributed by atoms with Crippen molar-refractivity contribution in [2.75, 3.05) is 0 Å². The fourth-order valence-electron chi connectivity index (χ4n) is 2.83. The number of nitrogens with one attached hydrogen (secondary N) is 1. The minimum atomic E-state index is 0.316. The highest BCUT2D eigenvalue weighted by Gasteiger charge is 2.23. The van der Waals surface area contributed by atoms with E-state index in [1.807, 2.05) is 6.07 Å². The van der Waals surface area contributed by atoms with Crippen molar-refractivity contribution < 1.29 is 0 Å². The van der Waals surface area contributed by atoms with Gasteiger partial charge in [0.2, 0.25) is 0 Å². The smallest absolute Gasteiger partial charge is 0.0464 e. The summed E-state index contributed by atoms with van der Waals surface area (Å²) >= 11 is 9.76. The van der Waals surface area contributed by atoms with E-state index >= 15 is 0 Å². The molecular weight excluding hydrogens is 310 g/mol. The van der Waals surface area contributed by atoms with Crippen molar-refractivity contribution in [3.8, 4) is 0 Å². The van der Waals surface area contributed by atoms with E-state index in [0.29, 0.717) is 12.1 Å². The van der Waals surface area contributed by atoms with Gasteiger partial charge in [-0.2, -0.15) is 0 Å². The first-order chi connectivity index (χ1) is 8.58. The lowest BCUT2D eigenvalue weighted by Gasteiger charge is -2.32. The van der Waals surface area contributed by atoms with Crippen LogP contribution in [0.4, 0.5) is 0 Å². The van der Waals surface area contributed by atoms with Crippen LogP contribution in [0.3, 0.4) is 0 Å². The SMILES string of the molecule is CC(NC1CCCCC1C)c1ccc(Br)cc1Cl. The molecule has 0 amide bonds. The molecule has 0 radical (unpaired) electrons. The van der Waals surface area contributed by atoms with E-state index in [-0.39, 0.29) is 0 Å². The maximum atomic E-state index is 6.31. The van der Waals surface area contributed by atoms with Gasteiger partial charge in [-0.05, 0) is 43.4 Å². The van der Waals surface area contributed by atoms with Crippen molar-refractivity contribution in [2.24, 2.45) is 5.92 Å². The van der Waals surface area contributed by atoms with Crippen LogP contribution >= 0.6 is 27.5 Å². The molecule has 3 heteroatoms. The zero-order chi connectivity index (χ0) is 13.1. The highest BCUT2D eigenvalue weighted by atomic mass is 79.9. The molecule has 18 heavy (non-hydrogen) atoms. The van der Waals surface area contributed by atoms with Gasteiger partial charge in [-0.3, -0.25) is 0 Å². The van der Waals surface area contributed by atoms with Gasteiger partial charge in [-0.25, -0.2) is 0 Å². The molecule has 3 unspecified atom stereocenters. The Labute approximate surface area is 123 Å². The van der Waals surface area contributed by atoms with E-state index in [2.05, 4.69) is 47.2 Å². The molecule has 1 nitrogen and oxygen atoms in total. The minimum Gasteiger partial charge on any atom is -0.307 e. The first-order valence-corrected chi connectivity index (χ1v) is 7.96. The Morgan fingerprint density at radius 3 is 2.72 bits per heavy atom. The summed E-state index contributed by atoms with van der Waals surface area (Å²) in [4.78, 5) is 0. The summed E-state index contributed by atoms with van der Waals surface area (Å²) in [6, 6.07) is 7.09. The third-order valence-electron chi connectivity index (χ3n) is 4.00. The predicted octanol–water partition coefficient (Wildman–Crippen LogP) is 5.33. The summed E-state index contributed by atoms with van der Waals surface area (Å²) in [7, 11) is 0. The van der Waals surface area contributed by atoms with Crippen molar-refractivity contribution in [1.82, 2.24) is 5.32 Å². The molecule has 0 spiro atoms. The Balaban J connectivity index is 2.04. The van der Waals surface area contributed by atoms with Crippen molar-refractivity contribution in [3.63, 3.8) is 0 Å². The van der Waals surface area contributed by atoms with Gasteiger partial charge >= 0.3 is 0 Å². The van der Waals surface area contributed by atoms with Crippen molar-refractivity contribution in [2.45, 2.75) is 51.6 Å². The highest BCUT2D eigenvalue weighted by molar-refractivity contribution is 9.10. The molecule has 1 saturated carbocycles. The summed E-state index contributed by atoms with van der Waals surface area (Å²) in [6.45, 7) is 4.56. The van der Waals surface area contributed by atoms with Crippen molar-refractivity contribution in [3.05, 3.63) is 33.3 Å². The van der Waals surface area contributed by atoms with E-state index in [9.17, 15) is 0 Å². The van der Waals surface area contributed by atoms with E-state index in [1.54, 1.807) is 0 Å². The second kappa shape index (κ2) is 6.40. The summed E-state index contributed by atoms with van der Waals surface area (Å²) in [5.74, 6) is 0.774. The molecule has 0 heterocycles. The van der Waals surface area contributed by atoms with Crippen LogP contribution in [-0.2, 0) is 0 Å². The van der Waals surface area contributed by atoms with Crippen LogP contribution in [0, 0.1) is 5.92 Å². The molecule has 1 aromatic rings. The third kappa shape index (κ3) is 3.49. The van der Waals surface area contributed by atoms with E-state index in [1.165, 1.54) is 31.2 Å². The predicted molar refractivity (Wildman–Crippen MR) is 82.1 cm³/mol. The summed E-state index contributed by atoms with van der Waals surface area (Å²) < 4.78 is 1.04. The molecule has 0 aromatic heterocycles. The van der Waals surface area contributed by atoms with Crippen LogP contribution < -0.4 is 5.32 Å². The molecule has 0 saturated heterocycles. The Morgan fingerprint density at radius 1 is 1.33 bits per heavy atom. The number of hydrogen-bond donors (Lipinski definition) is 1. The molecule has 0 aliphatic heterocycles. The van der Waals surface area contributed by atoms with Crippen LogP contribution in [0.5, 0.6) is 0 Å². The van der Waals surface area contributed by atoms with Gasteiger partial charge in [0, 0.05) is 21.6 Å². The lowest BCUT2D eigenvalue weighted by atomic mass is 9.85. The van der Waals surface area contributed by atoms with Gasteiger partial charge in [-0.15, -0.1) is 0 Å². The summed E-state index contributed by atoms with van der Waals surface area (Å²) in [6.07, 6.45) is 5.37. The molecule has 1 fully saturated rings. The molecule has 1 aromatic carbocycles. The third-order valence-corrected chi connectivity index (χ3v) is 4.83. The standard InChI is InChI=1S/C15H21BrClN/c1-10-5-3-4-6-15(10)18-11(2)13-8-7-12(16)9-14(13)17/h7-11,15,18H,3-6H2,1-2H3. The Kier molecular flexibility index (Phi) is 5.11. The molecule has 2 rings (SSSR count). The van der Waals surface area contributed by atoms with Crippen LogP contribution in [-0.4, -0.2) is 6.04 Å². The lowest BCUT2D eigenvalue weighted by molar-refractivity contribution is 0.263. The number of halogens is 2. The maximum absolute atomic E-state index is 6.31. The largest absolute Gasteiger partial charge is 0.307 e. The van der Waals surface area contributed by atoms with Crippen molar-refractivity contribution in [1.29, 1.82) is 0 Å². The number of benzene rings is 1. The number of hydrogen-bond acceptors (Lipinski definition) is 1. The molecule has 1 N–H and O–H groups in total. The zero-order valence-electron chi connectivity index (χ0n) is 11.0. The van der Waals surface area contributed by atoms with Gasteiger partial charge in [-0.1, -0.05) is 53.4 Å². The maximum Gasteiger partial charge on any atom is 0.0464 e.